The molecule has 40 heavy (non-hydrogen) atoms. The van der Waals surface area contributed by atoms with Crippen LogP contribution in [-0.4, -0.2) is 69.3 Å². The highest BCUT2D eigenvalue weighted by atomic mass is 19.1. The fourth-order valence-corrected chi connectivity index (χ4v) is 5.38. The van der Waals surface area contributed by atoms with Crippen LogP contribution in [0.1, 0.15) is 62.8 Å². The van der Waals surface area contributed by atoms with Crippen LogP contribution in [0.25, 0.3) is 0 Å². The smallest absolute Gasteiger partial charge is 0.354 e. The van der Waals surface area contributed by atoms with Crippen LogP contribution in [0.4, 0.5) is 4.39 Å². The summed E-state index contributed by atoms with van der Waals surface area (Å²) < 4.78 is 26.9. The Morgan fingerprint density at radius 1 is 1.12 bits per heavy atom. The number of aliphatic hydroxyl groups is 2. The fourth-order valence-electron chi connectivity index (χ4n) is 5.38. The van der Waals surface area contributed by atoms with Gasteiger partial charge in [0, 0.05) is 31.6 Å². The van der Waals surface area contributed by atoms with Crippen molar-refractivity contribution < 1.29 is 38.5 Å². The first-order chi connectivity index (χ1) is 18.7. The third-order valence-corrected chi connectivity index (χ3v) is 6.81. The van der Waals surface area contributed by atoms with E-state index in [-0.39, 0.29) is 36.3 Å². The molecule has 0 saturated carbocycles. The van der Waals surface area contributed by atoms with E-state index in [2.05, 4.69) is 4.90 Å². The molecule has 218 valence electrons. The molecule has 0 aromatic heterocycles. The molecule has 2 N–H and O–H groups in total. The molecular formula is C30H39FN2O7. The largest absolute Gasteiger partial charge is 0.435 e. The number of amides is 1. The fraction of sp³-hybridized carbons (Fsp3) is 0.500. The molecule has 1 aliphatic heterocycles. The summed E-state index contributed by atoms with van der Waals surface area (Å²) >= 11 is 0. The highest BCUT2D eigenvalue weighted by Crippen LogP contribution is 2.33. The van der Waals surface area contributed by atoms with Crippen molar-refractivity contribution in [3.63, 3.8) is 0 Å². The monoisotopic (exact) mass is 558 g/mol. The van der Waals surface area contributed by atoms with E-state index in [0.29, 0.717) is 55.3 Å². The Balaban J connectivity index is 1.82. The van der Waals surface area contributed by atoms with Gasteiger partial charge in [-0.25, -0.2) is 4.39 Å². The summed E-state index contributed by atoms with van der Waals surface area (Å²) in [7, 11) is 0. The highest BCUT2D eigenvalue weighted by Gasteiger charge is 2.38. The Kier molecular flexibility index (Phi) is 9.84. The molecule has 10 heteroatoms. The number of rotatable bonds is 13. The molecule has 1 aliphatic rings. The lowest BCUT2D eigenvalue weighted by atomic mass is 9.98. The zero-order chi connectivity index (χ0) is 29.7. The van der Waals surface area contributed by atoms with Crippen LogP contribution in [0.3, 0.4) is 0 Å². The average Bonchev–Trinajstić information content (AvgIpc) is 2.83. The predicted octanol–water partition coefficient (Wildman–Crippen LogP) is 3.20. The highest BCUT2D eigenvalue weighted by molar-refractivity contribution is 5.65. The average molecular weight is 559 g/mol. The number of halogens is 1. The van der Waals surface area contributed by atoms with E-state index < -0.39 is 23.4 Å². The molecule has 2 aromatic carbocycles. The van der Waals surface area contributed by atoms with Crippen LogP contribution in [0, 0.1) is 12.7 Å². The zero-order valence-corrected chi connectivity index (χ0v) is 23.7. The molecule has 1 saturated heterocycles. The van der Waals surface area contributed by atoms with Gasteiger partial charge in [0.1, 0.15) is 24.1 Å². The Morgan fingerprint density at radius 2 is 1.80 bits per heavy atom. The first kappa shape index (κ1) is 31.3. The van der Waals surface area contributed by atoms with Crippen LogP contribution < -0.4 is 4.74 Å². The number of ether oxygens (including phenoxy) is 2. The summed E-state index contributed by atoms with van der Waals surface area (Å²) in [6.07, 6.45) is 1.97. The molecule has 0 spiro atoms. The Morgan fingerprint density at radius 3 is 2.38 bits per heavy atom. The van der Waals surface area contributed by atoms with E-state index in [4.69, 9.17) is 9.47 Å². The van der Waals surface area contributed by atoms with E-state index in [1.165, 1.54) is 23.1 Å². The number of aryl methyl sites for hydroxylation is 1. The third kappa shape index (κ3) is 7.94. The molecule has 3 rings (SSSR count). The van der Waals surface area contributed by atoms with E-state index in [9.17, 15) is 24.6 Å². The summed E-state index contributed by atoms with van der Waals surface area (Å²) in [6, 6.07) is 8.10. The third-order valence-electron chi connectivity index (χ3n) is 6.81. The minimum Gasteiger partial charge on any atom is -0.435 e. The van der Waals surface area contributed by atoms with Gasteiger partial charge in [-0.2, -0.15) is 0 Å². The molecule has 0 bridgehead atoms. The van der Waals surface area contributed by atoms with Crippen molar-refractivity contribution in [1.29, 1.82) is 0 Å². The van der Waals surface area contributed by atoms with Gasteiger partial charge in [0.25, 0.3) is 0 Å². The number of hydrogen-bond acceptors (Lipinski definition) is 8. The molecule has 1 fully saturated rings. The lowest BCUT2D eigenvalue weighted by molar-refractivity contribution is -0.305. The lowest BCUT2D eigenvalue weighted by Crippen LogP contribution is -2.56. The molecule has 1 amide bonds. The number of carbonyl (C=O) groups excluding carboxylic acids is 3. The maximum Gasteiger partial charge on any atom is 0.354 e. The SMILES string of the molecule is Cc1cccc(OC(O)(O)c2ccc(CN3CC(C)(C)OC(C)(C)C3)cc2F)c1CN(C=O)C(C=O)CCC=O. The Hall–Kier alpha value is -3.18. The van der Waals surface area contributed by atoms with Crippen molar-refractivity contribution in [2.75, 3.05) is 13.1 Å². The van der Waals surface area contributed by atoms with Crippen molar-refractivity contribution in [1.82, 2.24) is 9.80 Å². The molecule has 0 aliphatic carbocycles. The number of carbonyl (C=O) groups is 3. The summed E-state index contributed by atoms with van der Waals surface area (Å²) in [4.78, 5) is 37.5. The second kappa shape index (κ2) is 12.6. The lowest BCUT2D eigenvalue weighted by Gasteiger charge is -2.47. The topological polar surface area (TPSA) is 117 Å². The van der Waals surface area contributed by atoms with E-state index >= 15 is 4.39 Å². The molecule has 2 aromatic rings. The first-order valence-electron chi connectivity index (χ1n) is 13.2. The minimum atomic E-state index is -3.03. The van der Waals surface area contributed by atoms with Crippen LogP contribution in [0.15, 0.2) is 36.4 Å². The summed E-state index contributed by atoms with van der Waals surface area (Å²) in [6.45, 7) is 11.4. The van der Waals surface area contributed by atoms with Gasteiger partial charge in [-0.15, -0.1) is 0 Å². The molecule has 1 unspecified atom stereocenters. The van der Waals surface area contributed by atoms with Gasteiger partial charge in [-0.3, -0.25) is 9.69 Å². The molecule has 0 radical (unpaired) electrons. The first-order valence-corrected chi connectivity index (χ1v) is 13.2. The molecule has 1 heterocycles. The summed E-state index contributed by atoms with van der Waals surface area (Å²) in [5.74, 6) is -3.88. The molecular weight excluding hydrogens is 519 g/mol. The maximum atomic E-state index is 15.3. The van der Waals surface area contributed by atoms with E-state index in [1.807, 2.05) is 27.7 Å². The number of benzene rings is 2. The van der Waals surface area contributed by atoms with Crippen molar-refractivity contribution in [2.45, 2.75) is 83.8 Å². The Bertz CT molecular complexity index is 1200. The number of hydrogen-bond donors (Lipinski definition) is 2. The molecule has 9 nitrogen and oxygen atoms in total. The van der Waals surface area contributed by atoms with Crippen molar-refractivity contribution in [2.24, 2.45) is 0 Å². The van der Waals surface area contributed by atoms with Crippen molar-refractivity contribution in [3.8, 4) is 5.75 Å². The van der Waals surface area contributed by atoms with Crippen molar-refractivity contribution in [3.05, 3.63) is 64.5 Å². The minimum absolute atomic E-state index is 0.00172. The van der Waals surface area contributed by atoms with Gasteiger partial charge < -0.3 is 34.2 Å². The Labute approximate surface area is 234 Å². The van der Waals surface area contributed by atoms with Gasteiger partial charge in [-0.1, -0.05) is 18.2 Å². The maximum absolute atomic E-state index is 15.3. The van der Waals surface area contributed by atoms with Gasteiger partial charge in [0.15, 0.2) is 0 Å². The molecule has 1 atom stereocenters. The second-order valence-corrected chi connectivity index (χ2v) is 11.6. The van der Waals surface area contributed by atoms with Crippen LogP contribution in [-0.2, 0) is 38.2 Å². The summed E-state index contributed by atoms with van der Waals surface area (Å²) in [5, 5.41) is 21.7. The number of nitrogens with zero attached hydrogens (tertiary/aromatic N) is 2. The standard InChI is InChI=1S/C30H39FN2O7/c1-21-8-6-10-27(24(21)16-33(20-36)23(17-35)9-7-13-34)39-30(37,38)25-12-11-22(14-26(25)31)15-32-18-28(2,3)40-29(4,5)19-32/h6,8,10-14,17,20,23,37-38H,7,9,15-16,18-19H2,1-5H3. The second-order valence-electron chi connectivity index (χ2n) is 11.6. The van der Waals surface area contributed by atoms with Crippen LogP contribution >= 0.6 is 0 Å². The predicted molar refractivity (Wildman–Crippen MR) is 146 cm³/mol. The number of morpholine rings is 1. The van der Waals surface area contributed by atoms with Gasteiger partial charge in [0.2, 0.25) is 6.41 Å². The van der Waals surface area contributed by atoms with Gasteiger partial charge >= 0.3 is 5.97 Å². The zero-order valence-electron chi connectivity index (χ0n) is 23.7. The van der Waals surface area contributed by atoms with E-state index in [1.54, 1.807) is 25.1 Å². The quantitative estimate of drug-likeness (QED) is 0.285. The summed E-state index contributed by atoms with van der Waals surface area (Å²) in [5.41, 5.74) is 0.478. The van der Waals surface area contributed by atoms with Crippen LogP contribution in [0.2, 0.25) is 0 Å². The van der Waals surface area contributed by atoms with Crippen LogP contribution in [0.5, 0.6) is 5.75 Å². The number of aldehydes is 2. The van der Waals surface area contributed by atoms with Gasteiger partial charge in [-0.05, 0) is 70.4 Å². The van der Waals surface area contributed by atoms with Crippen molar-refractivity contribution >= 4 is 19.0 Å². The van der Waals surface area contributed by atoms with Gasteiger partial charge in [0.05, 0.1) is 29.4 Å². The van der Waals surface area contributed by atoms with E-state index in [0.717, 1.165) is 0 Å². The normalized spacial score (nSPS) is 17.6.